The number of halogens is 10. The molecule has 4 aromatic carbocycles. The lowest BCUT2D eigenvalue weighted by molar-refractivity contribution is 0.112. The van der Waals surface area contributed by atoms with Crippen molar-refractivity contribution < 1.29 is 15.0 Å². The number of aromatic hydroxyl groups is 2. The zero-order valence-electron chi connectivity index (χ0n) is 32.4. The maximum absolute atomic E-state index is 11.1. The second kappa shape index (κ2) is 22.6. The van der Waals surface area contributed by atoms with Crippen LogP contribution in [0.15, 0.2) is 103 Å². The van der Waals surface area contributed by atoms with Crippen LogP contribution in [-0.2, 0) is 0 Å². The number of rotatable bonds is 5. The average molecular weight is 1050 g/mol. The molecule has 5 N–H and O–H groups in total. The highest BCUT2D eigenvalue weighted by Crippen LogP contribution is 2.43. The van der Waals surface area contributed by atoms with Gasteiger partial charge in [0.1, 0.15) is 34.2 Å². The lowest BCUT2D eigenvalue weighted by Gasteiger charge is -2.24. The number of aryl methyl sites for hydroxylation is 2. The first-order valence-corrected chi connectivity index (χ1v) is 21.7. The van der Waals surface area contributed by atoms with Crippen LogP contribution >= 0.6 is 116 Å². The van der Waals surface area contributed by atoms with Crippen molar-refractivity contribution >= 4 is 156 Å². The molecule has 0 amide bonds. The van der Waals surface area contributed by atoms with Crippen molar-refractivity contribution in [2.24, 2.45) is 0 Å². The first-order chi connectivity index (χ1) is 29.9. The summed E-state index contributed by atoms with van der Waals surface area (Å²) in [6, 6.07) is 25.1. The fourth-order valence-electron chi connectivity index (χ4n) is 5.61. The van der Waals surface area contributed by atoms with Gasteiger partial charge in [-0.25, -0.2) is 9.97 Å². The third-order valence-electron chi connectivity index (χ3n) is 8.70. The number of phenols is 2. The van der Waals surface area contributed by atoms with Crippen LogP contribution in [0.4, 0.5) is 11.6 Å². The first-order valence-electron chi connectivity index (χ1n) is 17.9. The van der Waals surface area contributed by atoms with Crippen LogP contribution in [0, 0.1) is 13.8 Å². The van der Waals surface area contributed by atoms with Gasteiger partial charge in [-0.1, -0.05) is 152 Å². The minimum atomic E-state index is -0.694. The van der Waals surface area contributed by atoms with Crippen molar-refractivity contribution in [1.82, 2.24) is 19.9 Å². The van der Waals surface area contributed by atoms with Gasteiger partial charge >= 0.3 is 0 Å². The number of nitrogens with one attached hydrogen (secondary N) is 1. The predicted molar refractivity (Wildman–Crippen MR) is 263 cm³/mol. The number of pyridine rings is 4. The normalized spacial score (nSPS) is 11.0. The highest BCUT2D eigenvalue weighted by Gasteiger charge is 2.25. The summed E-state index contributed by atoms with van der Waals surface area (Å²) in [6.07, 6.45) is 3.89. The van der Waals surface area contributed by atoms with E-state index in [1.807, 2.05) is 30.3 Å². The molecule has 19 heteroatoms. The van der Waals surface area contributed by atoms with Crippen LogP contribution in [0.25, 0.3) is 21.8 Å². The SMILES string of the molecule is Cc1nc(N)c(Cl)cc1Cl.Cc1nc(NC(c2cc(Cl)cc(Cl)c2Cl)c2ccc3cccnc3c2O)c(Cl)cc1Cl.O=Cc1cc(Cl)cc(Cl)c1Cl.Oc1cccc2cccnc12. The molecule has 63 heavy (non-hydrogen) atoms. The molecule has 324 valence electrons. The Balaban J connectivity index is 0.000000189. The molecule has 0 spiro atoms. The summed E-state index contributed by atoms with van der Waals surface area (Å²) in [4.78, 5) is 27.0. The summed E-state index contributed by atoms with van der Waals surface area (Å²) in [6.45, 7) is 3.54. The number of carbonyl (C=O) groups is 1. The van der Waals surface area contributed by atoms with Crippen LogP contribution in [-0.4, -0.2) is 36.4 Å². The molecule has 0 aliphatic rings. The summed E-state index contributed by atoms with van der Waals surface area (Å²) < 4.78 is 0. The number of fused-ring (bicyclic) bond motifs is 2. The first kappa shape index (κ1) is 49.8. The van der Waals surface area contributed by atoms with E-state index in [1.54, 1.807) is 74.8 Å². The fraction of sp³-hybridized carbons (Fsp3) is 0.0682. The number of hydrogen-bond acceptors (Lipinski definition) is 9. The van der Waals surface area contributed by atoms with Crippen molar-refractivity contribution in [1.29, 1.82) is 0 Å². The number of phenolic OH excluding ortho intramolecular Hbond substituents is 2. The molecule has 1 atom stereocenters. The smallest absolute Gasteiger partial charge is 0.151 e. The molecular formula is C44H30Cl10N6O3. The van der Waals surface area contributed by atoms with Gasteiger partial charge < -0.3 is 21.3 Å². The maximum Gasteiger partial charge on any atom is 0.151 e. The number of nitrogens with zero attached hydrogens (tertiary/aromatic N) is 4. The van der Waals surface area contributed by atoms with Gasteiger partial charge in [-0.05, 0) is 68.4 Å². The molecule has 0 bridgehead atoms. The minimum Gasteiger partial charge on any atom is -0.506 e. The van der Waals surface area contributed by atoms with Gasteiger partial charge in [0.05, 0.1) is 57.6 Å². The second-order valence-electron chi connectivity index (χ2n) is 13.0. The van der Waals surface area contributed by atoms with Crippen molar-refractivity contribution in [2.75, 3.05) is 11.1 Å². The quantitative estimate of drug-likeness (QED) is 0.0977. The molecule has 0 radical (unpaired) electrons. The molecule has 9 nitrogen and oxygen atoms in total. The molecule has 0 fully saturated rings. The lowest BCUT2D eigenvalue weighted by Crippen LogP contribution is -2.15. The zero-order valence-corrected chi connectivity index (χ0v) is 40.0. The molecular weight excluding hydrogens is 1020 g/mol. The summed E-state index contributed by atoms with van der Waals surface area (Å²) in [5.41, 5.74) is 9.13. The van der Waals surface area contributed by atoms with E-state index in [9.17, 15) is 15.0 Å². The second-order valence-corrected chi connectivity index (χ2v) is 17.1. The number of benzene rings is 4. The standard InChI is InChI=1S/C22H14Cl5N3O.C9H7NO.C7H3Cl3O.C6H6Cl2N2/c1-10-15(24)9-17(26)22(29-10)30-20(14-7-12(23)8-16(25)18(14)27)13-5-4-11-3-2-6-28-19(11)21(13)31;11-8-5-1-3-7-4-2-6-10-9(7)8;8-5-1-4(3-11)7(10)6(9)2-5;1-3-4(7)2-5(8)6(9)10-3/h2-9,20,31H,1H3,(H,29,30);1-6,11H;1-3H;2H,1H3,(H2,9,10). The Kier molecular flexibility index (Phi) is 17.9. The van der Waals surface area contributed by atoms with Crippen LogP contribution in [0.2, 0.25) is 50.2 Å². The topological polar surface area (TPSA) is 147 Å². The van der Waals surface area contributed by atoms with E-state index < -0.39 is 6.04 Å². The average Bonchev–Trinajstić information content (AvgIpc) is 3.25. The monoisotopic (exact) mass is 1040 g/mol. The minimum absolute atomic E-state index is 0.00966. The molecule has 0 saturated carbocycles. The number of nitrogens with two attached hydrogens (primary N) is 1. The molecule has 4 aromatic heterocycles. The van der Waals surface area contributed by atoms with Crippen molar-refractivity contribution in [3.63, 3.8) is 0 Å². The molecule has 0 aliphatic heterocycles. The molecule has 0 saturated heterocycles. The van der Waals surface area contributed by atoms with Gasteiger partial charge in [-0.3, -0.25) is 14.8 Å². The van der Waals surface area contributed by atoms with E-state index in [0.717, 1.165) is 10.8 Å². The number of carbonyl (C=O) groups excluding carboxylic acids is 1. The number of hydrogen-bond donors (Lipinski definition) is 4. The van der Waals surface area contributed by atoms with Gasteiger partial charge in [0, 0.05) is 49.9 Å². The summed E-state index contributed by atoms with van der Waals surface area (Å²) in [5.74, 6) is 0.914. The fourth-order valence-corrected chi connectivity index (χ4v) is 7.77. The van der Waals surface area contributed by atoms with Crippen molar-refractivity contribution in [3.05, 3.63) is 182 Å². The summed E-state index contributed by atoms with van der Waals surface area (Å²) in [7, 11) is 0. The number of anilines is 2. The lowest BCUT2D eigenvalue weighted by atomic mass is 9.96. The van der Waals surface area contributed by atoms with E-state index in [0.29, 0.717) is 92.2 Å². The Labute approximate surface area is 411 Å². The third-order valence-corrected chi connectivity index (χ3v) is 12.1. The van der Waals surface area contributed by atoms with Crippen LogP contribution in [0.3, 0.4) is 0 Å². The number of aromatic nitrogens is 4. The van der Waals surface area contributed by atoms with Gasteiger partial charge in [0.25, 0.3) is 0 Å². The van der Waals surface area contributed by atoms with Crippen LogP contribution in [0.5, 0.6) is 11.5 Å². The Morgan fingerprint density at radius 1 is 0.587 bits per heavy atom. The molecule has 1 unspecified atom stereocenters. The molecule has 4 heterocycles. The van der Waals surface area contributed by atoms with Gasteiger partial charge in [-0.15, -0.1) is 0 Å². The zero-order chi connectivity index (χ0) is 46.1. The summed E-state index contributed by atoms with van der Waals surface area (Å²) in [5, 5.41) is 29.0. The van der Waals surface area contributed by atoms with Crippen LogP contribution < -0.4 is 11.1 Å². The van der Waals surface area contributed by atoms with E-state index in [1.165, 1.54) is 12.1 Å². The molecule has 0 aliphatic carbocycles. The molecule has 8 rings (SSSR count). The van der Waals surface area contributed by atoms with E-state index in [-0.39, 0.29) is 26.6 Å². The number of para-hydroxylation sites is 1. The van der Waals surface area contributed by atoms with Crippen molar-refractivity contribution in [3.8, 4) is 11.5 Å². The van der Waals surface area contributed by atoms with E-state index >= 15 is 0 Å². The maximum atomic E-state index is 11.1. The Morgan fingerprint density at radius 2 is 1.14 bits per heavy atom. The van der Waals surface area contributed by atoms with E-state index in [2.05, 4.69) is 25.3 Å². The Hall–Kier alpha value is -4.23. The number of aldehydes is 1. The van der Waals surface area contributed by atoms with Gasteiger partial charge in [0.15, 0.2) is 6.29 Å². The highest BCUT2D eigenvalue weighted by atomic mass is 35.5. The summed E-state index contributed by atoms with van der Waals surface area (Å²) >= 11 is 59.8. The Bertz CT molecular complexity index is 2910. The highest BCUT2D eigenvalue weighted by molar-refractivity contribution is 6.45. The number of nitrogen functional groups attached to an aromatic ring is 1. The van der Waals surface area contributed by atoms with Crippen molar-refractivity contribution in [2.45, 2.75) is 19.9 Å². The van der Waals surface area contributed by atoms with Crippen LogP contribution in [0.1, 0.15) is 38.9 Å². The van der Waals surface area contributed by atoms with Gasteiger partial charge in [0.2, 0.25) is 0 Å². The largest absolute Gasteiger partial charge is 0.506 e. The van der Waals surface area contributed by atoms with Gasteiger partial charge in [-0.2, -0.15) is 0 Å². The third kappa shape index (κ3) is 12.7. The predicted octanol–water partition coefficient (Wildman–Crippen LogP) is 15.8. The van der Waals surface area contributed by atoms with E-state index in [4.69, 9.17) is 122 Å². The molecule has 8 aromatic rings. The Morgan fingerprint density at radius 3 is 1.76 bits per heavy atom.